The Hall–Kier alpha value is -1.64. The van der Waals surface area contributed by atoms with Gasteiger partial charge in [0.05, 0.1) is 0 Å². The minimum atomic E-state index is 0. The highest BCUT2D eigenvalue weighted by atomic mass is 127. The molecule has 0 radical (unpaired) electrons. The van der Waals surface area contributed by atoms with Gasteiger partial charge in [-0.25, -0.2) is 4.99 Å². The van der Waals surface area contributed by atoms with Crippen molar-refractivity contribution in [3.8, 4) is 0 Å². The third kappa shape index (κ3) is 5.63. The van der Waals surface area contributed by atoms with Crippen molar-refractivity contribution in [1.29, 1.82) is 0 Å². The van der Waals surface area contributed by atoms with Crippen LogP contribution >= 0.6 is 24.0 Å². The highest BCUT2D eigenvalue weighted by molar-refractivity contribution is 14.0. The van der Waals surface area contributed by atoms with Crippen LogP contribution in [0.5, 0.6) is 0 Å². The van der Waals surface area contributed by atoms with Crippen LogP contribution in [0.3, 0.4) is 0 Å². The van der Waals surface area contributed by atoms with E-state index in [4.69, 9.17) is 4.52 Å². The Morgan fingerprint density at radius 3 is 2.64 bits per heavy atom. The van der Waals surface area contributed by atoms with E-state index >= 15 is 0 Å². The summed E-state index contributed by atoms with van der Waals surface area (Å²) in [5, 5.41) is 7.12. The first-order valence-corrected chi connectivity index (χ1v) is 7.01. The molecule has 6 nitrogen and oxygen atoms in total. The molecule has 2 aromatic rings. The summed E-state index contributed by atoms with van der Waals surface area (Å²) in [5.74, 6) is 1.97. The van der Waals surface area contributed by atoms with Gasteiger partial charge in [0.15, 0.2) is 11.8 Å². The van der Waals surface area contributed by atoms with Crippen molar-refractivity contribution in [2.24, 2.45) is 4.99 Å². The number of hydrogen-bond acceptors (Lipinski definition) is 4. The van der Waals surface area contributed by atoms with Gasteiger partial charge in [0, 0.05) is 27.1 Å². The molecular weight excluding hydrogens is 393 g/mol. The number of rotatable bonds is 5. The summed E-state index contributed by atoms with van der Waals surface area (Å²) >= 11 is 0. The normalized spacial score (nSPS) is 11.0. The number of aliphatic imine (C=N–C) groups is 1. The van der Waals surface area contributed by atoms with Crippen molar-refractivity contribution in [3.63, 3.8) is 0 Å². The van der Waals surface area contributed by atoms with Crippen molar-refractivity contribution < 1.29 is 4.52 Å². The Morgan fingerprint density at radius 1 is 1.32 bits per heavy atom. The lowest BCUT2D eigenvalue weighted by Crippen LogP contribution is -2.38. The number of halogens is 1. The lowest BCUT2D eigenvalue weighted by molar-refractivity contribution is 0.387. The Balaban J connectivity index is 0.00000242. The molecule has 0 aliphatic rings. The van der Waals surface area contributed by atoms with Crippen LogP contribution in [0.15, 0.2) is 39.8 Å². The van der Waals surface area contributed by atoms with Gasteiger partial charge in [-0.2, -0.15) is 4.98 Å². The molecule has 0 saturated carbocycles. The standard InChI is InChI=1S/C15H21N5O.HI/c1-4-16-15(17-10-14-18-12(2)21-19-14)20(3)11-13-8-6-5-7-9-13;/h5-9H,4,10-11H2,1-3H3,(H,16,17);1H. The number of aryl methyl sites for hydroxylation is 1. The van der Waals surface area contributed by atoms with E-state index < -0.39 is 0 Å². The van der Waals surface area contributed by atoms with Gasteiger partial charge in [0.25, 0.3) is 0 Å². The fourth-order valence-electron chi connectivity index (χ4n) is 1.95. The summed E-state index contributed by atoms with van der Waals surface area (Å²) in [5.41, 5.74) is 1.24. The molecule has 1 aromatic heterocycles. The number of hydrogen-bond donors (Lipinski definition) is 1. The summed E-state index contributed by atoms with van der Waals surface area (Å²) in [6.45, 7) is 5.82. The maximum atomic E-state index is 4.95. The van der Waals surface area contributed by atoms with Gasteiger partial charge in [-0.1, -0.05) is 35.5 Å². The van der Waals surface area contributed by atoms with Crippen LogP contribution in [0.25, 0.3) is 0 Å². The van der Waals surface area contributed by atoms with E-state index in [2.05, 4.69) is 37.5 Å². The highest BCUT2D eigenvalue weighted by Gasteiger charge is 2.07. The Morgan fingerprint density at radius 2 is 2.05 bits per heavy atom. The molecular formula is C15H22IN5O. The number of benzene rings is 1. The summed E-state index contributed by atoms with van der Waals surface area (Å²) in [4.78, 5) is 10.8. The number of guanidine groups is 1. The molecule has 120 valence electrons. The second-order valence-corrected chi connectivity index (χ2v) is 4.74. The van der Waals surface area contributed by atoms with Crippen molar-refractivity contribution in [3.05, 3.63) is 47.6 Å². The van der Waals surface area contributed by atoms with E-state index in [1.807, 2.05) is 32.2 Å². The fraction of sp³-hybridized carbons (Fsp3) is 0.400. The maximum absolute atomic E-state index is 4.95. The van der Waals surface area contributed by atoms with Crippen LogP contribution in [0.4, 0.5) is 0 Å². The van der Waals surface area contributed by atoms with Gasteiger partial charge in [0.1, 0.15) is 6.54 Å². The number of aromatic nitrogens is 2. The first-order valence-electron chi connectivity index (χ1n) is 7.01. The van der Waals surface area contributed by atoms with Gasteiger partial charge >= 0.3 is 0 Å². The van der Waals surface area contributed by atoms with Gasteiger partial charge < -0.3 is 14.7 Å². The first kappa shape index (κ1) is 18.4. The molecule has 1 N–H and O–H groups in total. The molecule has 0 unspecified atom stereocenters. The second-order valence-electron chi connectivity index (χ2n) is 4.74. The molecule has 0 fully saturated rings. The van der Waals surface area contributed by atoms with Crippen LogP contribution in [0.1, 0.15) is 24.2 Å². The molecule has 22 heavy (non-hydrogen) atoms. The fourth-order valence-corrected chi connectivity index (χ4v) is 1.95. The molecule has 0 saturated heterocycles. The topological polar surface area (TPSA) is 66.5 Å². The quantitative estimate of drug-likeness (QED) is 0.462. The van der Waals surface area contributed by atoms with E-state index in [9.17, 15) is 0 Å². The van der Waals surface area contributed by atoms with E-state index in [-0.39, 0.29) is 24.0 Å². The Kier molecular flexibility index (Phi) is 7.86. The minimum absolute atomic E-state index is 0. The average Bonchev–Trinajstić information content (AvgIpc) is 2.90. The third-order valence-corrected chi connectivity index (χ3v) is 2.90. The van der Waals surface area contributed by atoms with Crippen molar-refractivity contribution in [2.45, 2.75) is 26.9 Å². The maximum Gasteiger partial charge on any atom is 0.223 e. The molecule has 1 heterocycles. The lowest BCUT2D eigenvalue weighted by Gasteiger charge is -2.22. The largest absolute Gasteiger partial charge is 0.357 e. The summed E-state index contributed by atoms with van der Waals surface area (Å²) < 4.78 is 4.95. The Bertz CT molecular complexity index is 585. The molecule has 7 heteroatoms. The molecule has 2 rings (SSSR count). The monoisotopic (exact) mass is 415 g/mol. The minimum Gasteiger partial charge on any atom is -0.357 e. The molecule has 0 spiro atoms. The van der Waals surface area contributed by atoms with Gasteiger partial charge in [-0.15, -0.1) is 24.0 Å². The van der Waals surface area contributed by atoms with Crippen molar-refractivity contribution >= 4 is 29.9 Å². The molecule has 0 amide bonds. The smallest absolute Gasteiger partial charge is 0.223 e. The SMILES string of the molecule is CCNC(=NCc1noc(C)n1)N(C)Cc1ccccc1.I. The van der Waals surface area contributed by atoms with Gasteiger partial charge in [-0.05, 0) is 12.5 Å². The predicted octanol–water partition coefficient (Wildman–Crippen LogP) is 2.59. The Labute approximate surface area is 148 Å². The summed E-state index contributed by atoms with van der Waals surface area (Å²) in [7, 11) is 2.01. The summed E-state index contributed by atoms with van der Waals surface area (Å²) in [6, 6.07) is 10.3. The van der Waals surface area contributed by atoms with Crippen LogP contribution < -0.4 is 5.32 Å². The van der Waals surface area contributed by atoms with Crippen LogP contribution in [-0.4, -0.2) is 34.6 Å². The van der Waals surface area contributed by atoms with E-state index in [0.29, 0.717) is 18.3 Å². The van der Waals surface area contributed by atoms with Crippen molar-refractivity contribution in [1.82, 2.24) is 20.4 Å². The van der Waals surface area contributed by atoms with Gasteiger partial charge in [0.2, 0.25) is 5.89 Å². The van der Waals surface area contributed by atoms with E-state index in [1.165, 1.54) is 5.56 Å². The number of nitrogens with zero attached hydrogens (tertiary/aromatic N) is 4. The zero-order valence-corrected chi connectivity index (χ0v) is 15.4. The lowest BCUT2D eigenvalue weighted by atomic mass is 10.2. The zero-order valence-electron chi connectivity index (χ0n) is 13.1. The third-order valence-electron chi connectivity index (χ3n) is 2.90. The highest BCUT2D eigenvalue weighted by Crippen LogP contribution is 2.04. The summed E-state index contributed by atoms with van der Waals surface area (Å²) in [6.07, 6.45) is 0. The molecule has 1 aromatic carbocycles. The number of nitrogens with one attached hydrogen (secondary N) is 1. The van der Waals surface area contributed by atoms with E-state index in [1.54, 1.807) is 6.92 Å². The molecule has 0 aliphatic carbocycles. The van der Waals surface area contributed by atoms with Crippen LogP contribution in [-0.2, 0) is 13.1 Å². The molecule has 0 bridgehead atoms. The second kappa shape index (κ2) is 9.39. The van der Waals surface area contributed by atoms with Crippen LogP contribution in [0, 0.1) is 6.92 Å². The van der Waals surface area contributed by atoms with E-state index in [0.717, 1.165) is 19.0 Å². The predicted molar refractivity (Wildman–Crippen MR) is 97.2 cm³/mol. The molecule has 0 aliphatic heterocycles. The first-order chi connectivity index (χ1) is 10.2. The molecule has 0 atom stereocenters. The average molecular weight is 415 g/mol. The van der Waals surface area contributed by atoms with Crippen LogP contribution in [0.2, 0.25) is 0 Å². The van der Waals surface area contributed by atoms with Gasteiger partial charge in [-0.3, -0.25) is 0 Å². The van der Waals surface area contributed by atoms with Crippen molar-refractivity contribution in [2.75, 3.05) is 13.6 Å². The zero-order chi connectivity index (χ0) is 15.1.